The number of benzene rings is 3. The van der Waals surface area contributed by atoms with Gasteiger partial charge in [0.05, 0.1) is 6.42 Å². The number of rotatable bonds is 8. The molecule has 0 spiro atoms. The Labute approximate surface area is 208 Å². The van der Waals surface area contributed by atoms with Gasteiger partial charge in [-0.2, -0.15) is 0 Å². The lowest BCUT2D eigenvalue weighted by atomic mass is 9.98. The first-order chi connectivity index (χ1) is 16.5. The first-order valence-electron chi connectivity index (χ1n) is 12.0. The molecule has 0 heterocycles. The highest BCUT2D eigenvalue weighted by Crippen LogP contribution is 2.20. The maximum absolute atomic E-state index is 14.7. The van der Waals surface area contributed by atoms with E-state index in [9.17, 15) is 14.0 Å². The predicted octanol–water partition coefficient (Wildman–Crippen LogP) is 5.54. The summed E-state index contributed by atoms with van der Waals surface area (Å²) in [5, 5.41) is 3.03. The SMILES string of the molecule is Cc1ccc(C)c(CC(=O)N(Cc2ccccc2F)[C@@H](Cc2ccccc2)C(=O)NC(C)(C)C)c1. The van der Waals surface area contributed by atoms with Gasteiger partial charge in [-0.3, -0.25) is 9.59 Å². The molecule has 4 nitrogen and oxygen atoms in total. The first kappa shape index (κ1) is 26.1. The molecule has 0 bridgehead atoms. The molecule has 3 rings (SSSR count). The molecule has 184 valence electrons. The smallest absolute Gasteiger partial charge is 0.243 e. The number of carbonyl (C=O) groups excluding carboxylic acids is 2. The van der Waals surface area contributed by atoms with E-state index in [0.717, 1.165) is 22.3 Å². The summed E-state index contributed by atoms with van der Waals surface area (Å²) in [5.41, 5.74) is 3.80. The molecule has 0 aliphatic carbocycles. The van der Waals surface area contributed by atoms with Gasteiger partial charge in [0.15, 0.2) is 0 Å². The Hall–Kier alpha value is -3.47. The van der Waals surface area contributed by atoms with E-state index in [1.807, 2.05) is 83.1 Å². The Bertz CT molecular complexity index is 1170. The van der Waals surface area contributed by atoms with E-state index in [1.165, 1.54) is 11.0 Å². The summed E-state index contributed by atoms with van der Waals surface area (Å²) in [7, 11) is 0. The molecular weight excluding hydrogens is 439 g/mol. The second-order valence-corrected chi connectivity index (χ2v) is 10.2. The van der Waals surface area contributed by atoms with Crippen LogP contribution in [0.25, 0.3) is 0 Å². The molecule has 0 aromatic heterocycles. The van der Waals surface area contributed by atoms with Gasteiger partial charge in [0.2, 0.25) is 11.8 Å². The zero-order valence-corrected chi connectivity index (χ0v) is 21.3. The number of amides is 2. The fourth-order valence-corrected chi connectivity index (χ4v) is 4.07. The van der Waals surface area contributed by atoms with Crippen LogP contribution in [0.4, 0.5) is 4.39 Å². The van der Waals surface area contributed by atoms with Gasteiger partial charge in [-0.1, -0.05) is 72.3 Å². The lowest BCUT2D eigenvalue weighted by molar-refractivity contribution is -0.141. The Morgan fingerprint density at radius 3 is 2.23 bits per heavy atom. The van der Waals surface area contributed by atoms with Gasteiger partial charge < -0.3 is 10.2 Å². The summed E-state index contributed by atoms with van der Waals surface area (Å²) in [5.74, 6) is -0.870. The summed E-state index contributed by atoms with van der Waals surface area (Å²) in [6.07, 6.45) is 0.464. The normalized spacial score (nSPS) is 12.2. The van der Waals surface area contributed by atoms with Crippen molar-refractivity contribution >= 4 is 11.8 Å². The maximum atomic E-state index is 14.7. The van der Waals surface area contributed by atoms with E-state index in [2.05, 4.69) is 5.32 Å². The predicted molar refractivity (Wildman–Crippen MR) is 138 cm³/mol. The van der Waals surface area contributed by atoms with Crippen LogP contribution >= 0.6 is 0 Å². The van der Waals surface area contributed by atoms with Crippen molar-refractivity contribution in [2.45, 2.75) is 65.6 Å². The van der Waals surface area contributed by atoms with Crippen molar-refractivity contribution in [3.05, 3.63) is 106 Å². The lowest BCUT2D eigenvalue weighted by Crippen LogP contribution is -2.54. The topological polar surface area (TPSA) is 49.4 Å². The van der Waals surface area contributed by atoms with Crippen molar-refractivity contribution in [3.63, 3.8) is 0 Å². The van der Waals surface area contributed by atoms with Crippen molar-refractivity contribution in [2.75, 3.05) is 0 Å². The van der Waals surface area contributed by atoms with Crippen molar-refractivity contribution in [1.29, 1.82) is 0 Å². The fourth-order valence-electron chi connectivity index (χ4n) is 4.07. The lowest BCUT2D eigenvalue weighted by Gasteiger charge is -2.34. The third-order valence-corrected chi connectivity index (χ3v) is 5.91. The molecule has 5 heteroatoms. The van der Waals surface area contributed by atoms with Crippen LogP contribution < -0.4 is 5.32 Å². The number of nitrogens with one attached hydrogen (secondary N) is 1. The highest BCUT2D eigenvalue weighted by atomic mass is 19.1. The van der Waals surface area contributed by atoms with Crippen molar-refractivity contribution in [1.82, 2.24) is 10.2 Å². The van der Waals surface area contributed by atoms with Crippen LogP contribution in [0, 0.1) is 19.7 Å². The Morgan fingerprint density at radius 2 is 1.57 bits per heavy atom. The minimum atomic E-state index is -0.797. The molecule has 0 aliphatic rings. The zero-order chi connectivity index (χ0) is 25.6. The van der Waals surface area contributed by atoms with Crippen molar-refractivity contribution in [3.8, 4) is 0 Å². The van der Waals surface area contributed by atoms with Crippen molar-refractivity contribution in [2.24, 2.45) is 0 Å². The van der Waals surface area contributed by atoms with Gasteiger partial charge in [-0.25, -0.2) is 4.39 Å². The van der Waals surface area contributed by atoms with Gasteiger partial charge in [0.1, 0.15) is 11.9 Å². The number of aryl methyl sites for hydroxylation is 2. The fraction of sp³-hybridized carbons (Fsp3) is 0.333. The summed E-state index contributed by atoms with van der Waals surface area (Å²) in [6, 6.07) is 21.2. The first-order valence-corrected chi connectivity index (χ1v) is 12.0. The molecule has 0 aliphatic heterocycles. The molecule has 0 unspecified atom stereocenters. The van der Waals surface area contributed by atoms with Crippen LogP contribution in [0.2, 0.25) is 0 Å². The van der Waals surface area contributed by atoms with E-state index in [-0.39, 0.29) is 24.8 Å². The number of carbonyl (C=O) groups is 2. The third kappa shape index (κ3) is 7.51. The Morgan fingerprint density at radius 1 is 0.914 bits per heavy atom. The second-order valence-electron chi connectivity index (χ2n) is 10.2. The van der Waals surface area contributed by atoms with Gasteiger partial charge in [-0.05, 0) is 57.4 Å². The molecule has 1 N–H and O–H groups in total. The van der Waals surface area contributed by atoms with Crippen LogP contribution in [0.3, 0.4) is 0 Å². The number of nitrogens with zero attached hydrogens (tertiary/aromatic N) is 1. The van der Waals surface area contributed by atoms with E-state index in [0.29, 0.717) is 12.0 Å². The largest absolute Gasteiger partial charge is 0.350 e. The summed E-state index contributed by atoms with van der Waals surface area (Å²) < 4.78 is 14.7. The van der Waals surface area contributed by atoms with Crippen LogP contribution in [0.15, 0.2) is 72.8 Å². The molecule has 3 aromatic rings. The maximum Gasteiger partial charge on any atom is 0.243 e. The Kier molecular flexibility index (Phi) is 8.44. The van der Waals surface area contributed by atoms with E-state index in [1.54, 1.807) is 18.2 Å². The minimum absolute atomic E-state index is 0.00539. The molecule has 1 atom stereocenters. The monoisotopic (exact) mass is 474 g/mol. The van der Waals surface area contributed by atoms with E-state index >= 15 is 0 Å². The molecule has 0 radical (unpaired) electrons. The van der Waals surface area contributed by atoms with Crippen LogP contribution in [-0.2, 0) is 29.0 Å². The number of halogens is 1. The van der Waals surface area contributed by atoms with E-state index < -0.39 is 17.4 Å². The molecule has 35 heavy (non-hydrogen) atoms. The molecular formula is C30H35FN2O2. The third-order valence-electron chi connectivity index (χ3n) is 5.91. The number of hydrogen-bond donors (Lipinski definition) is 1. The summed E-state index contributed by atoms with van der Waals surface area (Å²) >= 11 is 0. The molecule has 0 fully saturated rings. The average Bonchev–Trinajstić information content (AvgIpc) is 2.79. The Balaban J connectivity index is 2.03. The van der Waals surface area contributed by atoms with Gasteiger partial charge in [-0.15, -0.1) is 0 Å². The zero-order valence-electron chi connectivity index (χ0n) is 21.3. The van der Waals surface area contributed by atoms with Gasteiger partial charge in [0.25, 0.3) is 0 Å². The van der Waals surface area contributed by atoms with Crippen LogP contribution in [0.1, 0.15) is 48.6 Å². The molecule has 0 saturated carbocycles. The van der Waals surface area contributed by atoms with Crippen molar-refractivity contribution < 1.29 is 14.0 Å². The quantitative estimate of drug-likeness (QED) is 0.466. The molecule has 0 saturated heterocycles. The summed E-state index contributed by atoms with van der Waals surface area (Å²) in [4.78, 5) is 28.9. The average molecular weight is 475 g/mol. The highest BCUT2D eigenvalue weighted by Gasteiger charge is 2.32. The van der Waals surface area contributed by atoms with Gasteiger partial charge >= 0.3 is 0 Å². The van der Waals surface area contributed by atoms with Gasteiger partial charge in [0, 0.05) is 24.1 Å². The second kappa shape index (κ2) is 11.3. The van der Waals surface area contributed by atoms with Crippen LogP contribution in [-0.4, -0.2) is 28.3 Å². The highest BCUT2D eigenvalue weighted by molar-refractivity contribution is 5.89. The number of hydrogen-bond acceptors (Lipinski definition) is 2. The minimum Gasteiger partial charge on any atom is -0.350 e. The van der Waals surface area contributed by atoms with E-state index in [4.69, 9.17) is 0 Å². The van der Waals surface area contributed by atoms with Crippen LogP contribution in [0.5, 0.6) is 0 Å². The molecule has 2 amide bonds. The summed E-state index contributed by atoms with van der Waals surface area (Å²) in [6.45, 7) is 9.68. The molecule has 3 aromatic carbocycles. The standard InChI is InChI=1S/C30H35FN2O2/c1-21-15-16-22(2)25(17-21)19-28(34)33(20-24-13-9-10-14-26(24)31)27(29(35)32-30(3,4)5)18-23-11-7-6-8-12-23/h6-17,27H,18-20H2,1-5H3,(H,32,35)/t27-/m0/s1.